The molecular formula is C14H14N6O2. The molecule has 2 heterocycles. The van der Waals surface area contributed by atoms with Gasteiger partial charge in [0, 0.05) is 12.1 Å². The van der Waals surface area contributed by atoms with Crippen molar-refractivity contribution in [1.82, 2.24) is 25.2 Å². The maximum Gasteiger partial charge on any atom is 0.277 e. The summed E-state index contributed by atoms with van der Waals surface area (Å²) < 4.78 is 6.75. The van der Waals surface area contributed by atoms with E-state index in [2.05, 4.69) is 25.8 Å². The fourth-order valence-electron chi connectivity index (χ4n) is 2.08. The summed E-state index contributed by atoms with van der Waals surface area (Å²) in [6.45, 7) is 3.70. The van der Waals surface area contributed by atoms with Crippen LogP contribution in [0.1, 0.15) is 29.0 Å². The van der Waals surface area contributed by atoms with Crippen LogP contribution in [0.5, 0.6) is 0 Å². The van der Waals surface area contributed by atoms with Gasteiger partial charge in [-0.1, -0.05) is 13.0 Å². The number of aryl methyl sites for hydroxylation is 2. The van der Waals surface area contributed by atoms with Crippen LogP contribution in [0.2, 0.25) is 0 Å². The van der Waals surface area contributed by atoms with Crippen LogP contribution in [-0.2, 0) is 6.42 Å². The van der Waals surface area contributed by atoms with Crippen LogP contribution >= 0.6 is 0 Å². The number of anilines is 1. The van der Waals surface area contributed by atoms with Gasteiger partial charge in [-0.15, -0.1) is 5.10 Å². The van der Waals surface area contributed by atoms with E-state index < -0.39 is 0 Å². The molecule has 1 N–H and O–H groups in total. The number of rotatable bonds is 4. The van der Waals surface area contributed by atoms with Gasteiger partial charge in [-0.3, -0.25) is 4.79 Å². The predicted octanol–water partition coefficient (Wildman–Crippen LogP) is 1.77. The molecule has 0 radical (unpaired) electrons. The number of tetrazole rings is 1. The van der Waals surface area contributed by atoms with Crippen LogP contribution in [0.4, 0.5) is 5.69 Å². The van der Waals surface area contributed by atoms with Gasteiger partial charge < -0.3 is 9.73 Å². The van der Waals surface area contributed by atoms with Crippen LogP contribution in [0.3, 0.4) is 0 Å². The number of hydrogen-bond donors (Lipinski definition) is 1. The Morgan fingerprint density at radius 3 is 3.00 bits per heavy atom. The molecule has 8 nitrogen and oxygen atoms in total. The Kier molecular flexibility index (Phi) is 3.65. The van der Waals surface area contributed by atoms with E-state index in [-0.39, 0.29) is 5.91 Å². The smallest absolute Gasteiger partial charge is 0.277 e. The Morgan fingerprint density at radius 1 is 1.41 bits per heavy atom. The number of nitrogens with zero attached hydrogens (tertiary/aromatic N) is 5. The molecule has 22 heavy (non-hydrogen) atoms. The van der Waals surface area contributed by atoms with Gasteiger partial charge in [0.15, 0.2) is 17.9 Å². The molecule has 0 saturated heterocycles. The molecule has 3 rings (SSSR count). The van der Waals surface area contributed by atoms with E-state index in [1.165, 1.54) is 6.39 Å². The van der Waals surface area contributed by atoms with Crippen LogP contribution in [0.15, 0.2) is 35.1 Å². The minimum atomic E-state index is -0.309. The van der Waals surface area contributed by atoms with Crippen LogP contribution in [-0.4, -0.2) is 31.1 Å². The fraction of sp³-hybridized carbons (Fsp3) is 0.214. The number of aromatic nitrogens is 5. The van der Waals surface area contributed by atoms with Crippen molar-refractivity contribution in [3.05, 3.63) is 47.9 Å². The third-order valence-corrected chi connectivity index (χ3v) is 3.15. The second-order valence-electron chi connectivity index (χ2n) is 4.62. The van der Waals surface area contributed by atoms with Gasteiger partial charge in [-0.2, -0.15) is 4.68 Å². The highest BCUT2D eigenvalue weighted by Crippen LogP contribution is 2.16. The van der Waals surface area contributed by atoms with Gasteiger partial charge >= 0.3 is 0 Å². The minimum Gasteiger partial charge on any atom is -0.448 e. The molecule has 3 aromatic rings. The standard InChI is InChI=1S/C14H14N6O2/c1-3-12-13(15-8-22-12)14(21)16-10-5-4-6-11(7-10)20-9(2)17-18-19-20/h4-8H,3H2,1-2H3,(H,16,21). The van der Waals surface area contributed by atoms with Crippen molar-refractivity contribution in [1.29, 1.82) is 0 Å². The molecule has 1 aromatic carbocycles. The molecule has 0 bridgehead atoms. The van der Waals surface area contributed by atoms with Gasteiger partial charge in [0.05, 0.1) is 5.69 Å². The Labute approximate surface area is 126 Å². The largest absolute Gasteiger partial charge is 0.448 e. The van der Waals surface area contributed by atoms with Crippen molar-refractivity contribution in [2.45, 2.75) is 20.3 Å². The molecule has 2 aromatic heterocycles. The van der Waals surface area contributed by atoms with Crippen molar-refractivity contribution in [2.24, 2.45) is 0 Å². The molecule has 0 saturated carbocycles. The highest BCUT2D eigenvalue weighted by Gasteiger charge is 2.15. The average molecular weight is 298 g/mol. The van der Waals surface area contributed by atoms with Crippen LogP contribution < -0.4 is 5.32 Å². The number of carbonyl (C=O) groups excluding carboxylic acids is 1. The van der Waals surface area contributed by atoms with Gasteiger partial charge in [0.1, 0.15) is 5.76 Å². The van der Waals surface area contributed by atoms with Crippen molar-refractivity contribution in [3.63, 3.8) is 0 Å². The predicted molar refractivity (Wildman–Crippen MR) is 77.7 cm³/mol. The number of carbonyl (C=O) groups is 1. The molecule has 0 aliphatic heterocycles. The molecule has 0 unspecified atom stereocenters. The third-order valence-electron chi connectivity index (χ3n) is 3.15. The number of amides is 1. The molecule has 8 heteroatoms. The first kappa shape index (κ1) is 13.9. The van der Waals surface area contributed by atoms with E-state index >= 15 is 0 Å². The number of hydrogen-bond acceptors (Lipinski definition) is 6. The summed E-state index contributed by atoms with van der Waals surface area (Å²) in [4.78, 5) is 16.2. The zero-order valence-corrected chi connectivity index (χ0v) is 12.1. The summed E-state index contributed by atoms with van der Waals surface area (Å²) in [5, 5.41) is 14.1. The molecule has 0 atom stereocenters. The summed E-state index contributed by atoms with van der Waals surface area (Å²) in [7, 11) is 0. The number of benzene rings is 1. The minimum absolute atomic E-state index is 0.298. The van der Waals surface area contributed by atoms with E-state index in [1.807, 2.05) is 19.1 Å². The highest BCUT2D eigenvalue weighted by molar-refractivity contribution is 6.03. The Bertz CT molecular complexity index is 807. The third kappa shape index (κ3) is 2.58. The molecule has 1 amide bonds. The van der Waals surface area contributed by atoms with Crippen LogP contribution in [0.25, 0.3) is 5.69 Å². The lowest BCUT2D eigenvalue weighted by atomic mass is 10.2. The SMILES string of the molecule is CCc1ocnc1C(=O)Nc1cccc(-n2nnnc2C)c1. The maximum absolute atomic E-state index is 12.2. The Hall–Kier alpha value is -3.03. The van der Waals surface area contributed by atoms with Crippen molar-refractivity contribution >= 4 is 11.6 Å². The molecule has 0 spiro atoms. The van der Waals surface area contributed by atoms with Gasteiger partial charge in [0.2, 0.25) is 0 Å². The molecule has 0 fully saturated rings. The van der Waals surface area contributed by atoms with Gasteiger partial charge in [-0.05, 0) is 35.5 Å². The summed E-state index contributed by atoms with van der Waals surface area (Å²) in [6, 6.07) is 7.24. The number of nitrogens with one attached hydrogen (secondary N) is 1. The second kappa shape index (κ2) is 5.76. The molecule has 0 aliphatic rings. The summed E-state index contributed by atoms with van der Waals surface area (Å²) >= 11 is 0. The van der Waals surface area contributed by atoms with Gasteiger partial charge in [-0.25, -0.2) is 4.98 Å². The summed E-state index contributed by atoms with van der Waals surface area (Å²) in [5.41, 5.74) is 1.69. The molecular weight excluding hydrogens is 284 g/mol. The van der Waals surface area contributed by atoms with Crippen molar-refractivity contribution < 1.29 is 9.21 Å². The lowest BCUT2D eigenvalue weighted by Crippen LogP contribution is -2.14. The van der Waals surface area contributed by atoms with E-state index in [0.29, 0.717) is 29.4 Å². The number of oxazole rings is 1. The first-order valence-electron chi connectivity index (χ1n) is 6.78. The zero-order valence-electron chi connectivity index (χ0n) is 12.1. The fourth-order valence-corrected chi connectivity index (χ4v) is 2.08. The van der Waals surface area contributed by atoms with Crippen LogP contribution in [0, 0.1) is 6.92 Å². The summed E-state index contributed by atoms with van der Waals surface area (Å²) in [5.74, 6) is 0.911. The molecule has 0 aliphatic carbocycles. The van der Waals surface area contributed by atoms with Gasteiger partial charge in [0.25, 0.3) is 5.91 Å². The topological polar surface area (TPSA) is 98.7 Å². The lowest BCUT2D eigenvalue weighted by molar-refractivity contribution is 0.102. The van der Waals surface area contributed by atoms with Crippen molar-refractivity contribution in [3.8, 4) is 5.69 Å². The lowest BCUT2D eigenvalue weighted by Gasteiger charge is -2.07. The van der Waals surface area contributed by atoms with E-state index in [9.17, 15) is 4.79 Å². The Morgan fingerprint density at radius 2 is 2.27 bits per heavy atom. The first-order valence-corrected chi connectivity index (χ1v) is 6.78. The van der Waals surface area contributed by atoms with E-state index in [1.54, 1.807) is 23.7 Å². The summed E-state index contributed by atoms with van der Waals surface area (Å²) in [6.07, 6.45) is 1.88. The maximum atomic E-state index is 12.2. The highest BCUT2D eigenvalue weighted by atomic mass is 16.3. The zero-order chi connectivity index (χ0) is 15.5. The normalized spacial score (nSPS) is 10.6. The quantitative estimate of drug-likeness (QED) is 0.788. The average Bonchev–Trinajstić information content (AvgIpc) is 3.15. The van der Waals surface area contributed by atoms with E-state index in [4.69, 9.17) is 4.42 Å². The first-order chi connectivity index (χ1) is 10.7. The second-order valence-corrected chi connectivity index (χ2v) is 4.62. The Balaban J connectivity index is 1.84. The van der Waals surface area contributed by atoms with Crippen molar-refractivity contribution in [2.75, 3.05) is 5.32 Å². The monoisotopic (exact) mass is 298 g/mol. The molecule has 112 valence electrons. The van der Waals surface area contributed by atoms with E-state index in [0.717, 1.165) is 5.69 Å².